The van der Waals surface area contributed by atoms with Gasteiger partial charge in [-0.3, -0.25) is 14.5 Å². The predicted molar refractivity (Wildman–Crippen MR) is 88.2 cm³/mol. The van der Waals surface area contributed by atoms with Gasteiger partial charge in [-0.15, -0.1) is 0 Å². The van der Waals surface area contributed by atoms with Crippen molar-refractivity contribution in [3.63, 3.8) is 0 Å². The van der Waals surface area contributed by atoms with E-state index >= 15 is 0 Å². The van der Waals surface area contributed by atoms with Crippen LogP contribution in [0.15, 0.2) is 18.2 Å². The molecule has 0 unspecified atom stereocenters. The second kappa shape index (κ2) is 8.41. The summed E-state index contributed by atoms with van der Waals surface area (Å²) in [4.78, 5) is 25.4. The largest absolute Gasteiger partial charge is 0.495 e. The maximum absolute atomic E-state index is 12.1. The van der Waals surface area contributed by atoms with Crippen molar-refractivity contribution in [1.82, 2.24) is 5.32 Å². The van der Waals surface area contributed by atoms with Crippen LogP contribution in [0.5, 0.6) is 5.75 Å². The van der Waals surface area contributed by atoms with Crippen molar-refractivity contribution in [1.29, 1.82) is 0 Å². The average molecular weight is 306 g/mol. The number of hydrogen-bond donors (Lipinski definition) is 1. The number of nitrogens with one attached hydrogen (secondary N) is 1. The van der Waals surface area contributed by atoms with Crippen LogP contribution in [0.25, 0.3) is 0 Å². The molecule has 22 heavy (non-hydrogen) atoms. The second-order valence-corrected chi connectivity index (χ2v) is 5.81. The summed E-state index contributed by atoms with van der Waals surface area (Å²) >= 11 is 0. The maximum atomic E-state index is 12.1. The summed E-state index contributed by atoms with van der Waals surface area (Å²) in [5, 5.41) is 2.85. The molecule has 1 N–H and O–H groups in total. The van der Waals surface area contributed by atoms with Crippen LogP contribution in [0.4, 0.5) is 5.69 Å². The van der Waals surface area contributed by atoms with Gasteiger partial charge < -0.3 is 10.1 Å². The number of ether oxygens (including phenoxy) is 1. The van der Waals surface area contributed by atoms with E-state index in [1.54, 1.807) is 13.2 Å². The minimum atomic E-state index is -0.192. The lowest BCUT2D eigenvalue weighted by Crippen LogP contribution is -2.40. The Kier molecular flexibility index (Phi) is 6.89. The van der Waals surface area contributed by atoms with Crippen molar-refractivity contribution < 1.29 is 14.3 Å². The SMILES string of the molecule is COc1ccc(C)cc1N(CC(=O)NCCC(C)C)C(C)=O. The summed E-state index contributed by atoms with van der Waals surface area (Å²) in [7, 11) is 1.55. The minimum absolute atomic E-state index is 0.00670. The van der Waals surface area contributed by atoms with Crippen molar-refractivity contribution in [2.75, 3.05) is 25.1 Å². The van der Waals surface area contributed by atoms with Gasteiger partial charge in [-0.25, -0.2) is 0 Å². The molecular weight excluding hydrogens is 280 g/mol. The molecular formula is C17H26N2O3. The number of methoxy groups -OCH3 is 1. The molecule has 0 aromatic heterocycles. The third-order valence-corrected chi connectivity index (χ3v) is 3.35. The van der Waals surface area contributed by atoms with Crippen LogP contribution in [0.3, 0.4) is 0 Å². The van der Waals surface area contributed by atoms with Gasteiger partial charge >= 0.3 is 0 Å². The Bertz CT molecular complexity index is 527. The van der Waals surface area contributed by atoms with Gasteiger partial charge in [0.2, 0.25) is 11.8 Å². The molecule has 0 aliphatic carbocycles. The van der Waals surface area contributed by atoms with Gasteiger partial charge in [0.15, 0.2) is 0 Å². The molecule has 0 heterocycles. The predicted octanol–water partition coefficient (Wildman–Crippen LogP) is 2.52. The van der Waals surface area contributed by atoms with E-state index in [4.69, 9.17) is 4.74 Å². The highest BCUT2D eigenvalue weighted by atomic mass is 16.5. The summed E-state index contributed by atoms with van der Waals surface area (Å²) in [5.74, 6) is 0.749. The highest BCUT2D eigenvalue weighted by molar-refractivity contribution is 5.98. The van der Waals surface area contributed by atoms with E-state index in [2.05, 4.69) is 19.2 Å². The molecule has 1 aromatic carbocycles. The molecule has 0 aliphatic heterocycles. The topological polar surface area (TPSA) is 58.6 Å². The molecule has 1 aromatic rings. The standard InChI is InChI=1S/C17H26N2O3/c1-12(2)8-9-18-17(21)11-19(14(4)20)15-10-13(3)6-7-16(15)22-5/h6-7,10,12H,8-9,11H2,1-5H3,(H,18,21). The number of rotatable bonds is 7. The lowest BCUT2D eigenvalue weighted by molar-refractivity contribution is -0.123. The third-order valence-electron chi connectivity index (χ3n) is 3.35. The summed E-state index contributed by atoms with van der Waals surface area (Å²) in [6.07, 6.45) is 0.916. The van der Waals surface area contributed by atoms with Crippen LogP contribution in [0.2, 0.25) is 0 Å². The Morgan fingerprint density at radius 2 is 2.00 bits per heavy atom. The Balaban J connectivity index is 2.84. The number of carbonyl (C=O) groups excluding carboxylic acids is 2. The van der Waals surface area contributed by atoms with Gasteiger partial charge in [-0.05, 0) is 37.0 Å². The zero-order valence-corrected chi connectivity index (χ0v) is 14.1. The molecule has 5 heteroatoms. The molecule has 0 aliphatic rings. The lowest BCUT2D eigenvalue weighted by Gasteiger charge is -2.23. The van der Waals surface area contributed by atoms with Crippen LogP contribution < -0.4 is 15.0 Å². The first kappa shape index (κ1) is 18.0. The molecule has 0 saturated heterocycles. The van der Waals surface area contributed by atoms with Gasteiger partial charge in [-0.2, -0.15) is 0 Å². The summed E-state index contributed by atoms with van der Waals surface area (Å²) in [5.41, 5.74) is 1.62. The number of hydrogen-bond acceptors (Lipinski definition) is 3. The van der Waals surface area contributed by atoms with Crippen LogP contribution in [0, 0.1) is 12.8 Å². The van der Waals surface area contributed by atoms with Gasteiger partial charge in [0.25, 0.3) is 0 Å². The van der Waals surface area contributed by atoms with E-state index in [1.807, 2.05) is 19.1 Å². The summed E-state index contributed by atoms with van der Waals surface area (Å²) in [6, 6.07) is 5.56. The van der Waals surface area contributed by atoms with E-state index in [1.165, 1.54) is 11.8 Å². The molecule has 0 atom stereocenters. The molecule has 0 radical (unpaired) electrons. The minimum Gasteiger partial charge on any atom is -0.495 e. The zero-order chi connectivity index (χ0) is 16.7. The van der Waals surface area contributed by atoms with Crippen molar-refractivity contribution in [2.45, 2.75) is 34.1 Å². The lowest BCUT2D eigenvalue weighted by atomic mass is 10.1. The molecule has 0 saturated carbocycles. The van der Waals surface area contributed by atoms with E-state index in [9.17, 15) is 9.59 Å². The van der Waals surface area contributed by atoms with E-state index in [0.29, 0.717) is 23.9 Å². The number of nitrogens with zero attached hydrogens (tertiary/aromatic N) is 1. The summed E-state index contributed by atoms with van der Waals surface area (Å²) in [6.45, 7) is 8.20. The zero-order valence-electron chi connectivity index (χ0n) is 14.1. The molecule has 0 bridgehead atoms. The normalized spacial score (nSPS) is 10.5. The Hall–Kier alpha value is -2.04. The first-order chi connectivity index (χ1) is 10.3. The molecule has 0 fully saturated rings. The maximum Gasteiger partial charge on any atom is 0.240 e. The smallest absolute Gasteiger partial charge is 0.240 e. The number of amides is 2. The van der Waals surface area contributed by atoms with Gasteiger partial charge in [0.05, 0.1) is 12.8 Å². The first-order valence-electron chi connectivity index (χ1n) is 7.54. The molecule has 1 rings (SSSR count). The van der Waals surface area contributed by atoms with Crippen LogP contribution in [-0.4, -0.2) is 32.0 Å². The van der Waals surface area contributed by atoms with Gasteiger partial charge in [-0.1, -0.05) is 19.9 Å². The summed E-state index contributed by atoms with van der Waals surface area (Å²) < 4.78 is 5.30. The monoisotopic (exact) mass is 306 g/mol. The highest BCUT2D eigenvalue weighted by Gasteiger charge is 2.19. The van der Waals surface area contributed by atoms with Crippen LogP contribution in [-0.2, 0) is 9.59 Å². The van der Waals surface area contributed by atoms with Crippen molar-refractivity contribution in [3.8, 4) is 5.75 Å². The number of benzene rings is 1. The quantitative estimate of drug-likeness (QED) is 0.842. The third kappa shape index (κ3) is 5.39. The Morgan fingerprint density at radius 3 is 2.55 bits per heavy atom. The van der Waals surface area contributed by atoms with Gasteiger partial charge in [0.1, 0.15) is 12.3 Å². The van der Waals surface area contributed by atoms with Crippen LogP contribution >= 0.6 is 0 Å². The van der Waals surface area contributed by atoms with E-state index < -0.39 is 0 Å². The molecule has 2 amide bonds. The first-order valence-corrected chi connectivity index (χ1v) is 7.54. The second-order valence-electron chi connectivity index (χ2n) is 5.81. The highest BCUT2D eigenvalue weighted by Crippen LogP contribution is 2.29. The van der Waals surface area contributed by atoms with Crippen molar-refractivity contribution in [3.05, 3.63) is 23.8 Å². The van der Waals surface area contributed by atoms with Gasteiger partial charge in [0, 0.05) is 13.5 Å². The van der Waals surface area contributed by atoms with Crippen molar-refractivity contribution in [2.24, 2.45) is 5.92 Å². The Labute approximate surface area is 132 Å². The average Bonchev–Trinajstić information content (AvgIpc) is 2.44. The Morgan fingerprint density at radius 1 is 1.32 bits per heavy atom. The number of aryl methyl sites for hydroxylation is 1. The number of carbonyl (C=O) groups is 2. The fourth-order valence-electron chi connectivity index (χ4n) is 2.08. The molecule has 0 spiro atoms. The van der Waals surface area contributed by atoms with Crippen molar-refractivity contribution >= 4 is 17.5 Å². The molecule has 5 nitrogen and oxygen atoms in total. The molecule has 122 valence electrons. The van der Waals surface area contributed by atoms with E-state index in [-0.39, 0.29) is 18.4 Å². The van der Waals surface area contributed by atoms with Crippen LogP contribution in [0.1, 0.15) is 32.8 Å². The fourth-order valence-corrected chi connectivity index (χ4v) is 2.08. The number of anilines is 1. The fraction of sp³-hybridized carbons (Fsp3) is 0.529. The van der Waals surface area contributed by atoms with E-state index in [0.717, 1.165) is 12.0 Å².